The number of nitrogens with one attached hydrogen (secondary N) is 2. The molecule has 210 valence electrons. The first-order chi connectivity index (χ1) is 19.0. The molecule has 13 heteroatoms. The van der Waals surface area contributed by atoms with E-state index in [9.17, 15) is 27.6 Å². The van der Waals surface area contributed by atoms with Crippen LogP contribution in [-0.4, -0.2) is 37.6 Å². The third-order valence-electron chi connectivity index (χ3n) is 5.96. The van der Waals surface area contributed by atoms with Gasteiger partial charge in [-0.15, -0.1) is 0 Å². The van der Waals surface area contributed by atoms with Gasteiger partial charge < -0.3 is 20.1 Å². The van der Waals surface area contributed by atoms with E-state index in [4.69, 9.17) is 15.0 Å². The molecule has 0 bridgehead atoms. The van der Waals surface area contributed by atoms with Crippen LogP contribution in [0.25, 0.3) is 10.4 Å². The molecular formula is C27H26F3N5O5. The first-order valence-corrected chi connectivity index (χ1v) is 12.1. The van der Waals surface area contributed by atoms with Crippen LogP contribution in [0.2, 0.25) is 0 Å². The standard InChI is InChI=1S/C27H26F3N5O5/c1-4-39-25(37)21-15(2)33-16(3)22(23(21)19-7-5-6-8-20(19)27(28,29)30)26(38)40-14-13-32-24(36)17-9-11-18(12-10-17)34-35-31/h5-12,23,33H,4,13-14H2,1-3H3,(H,32,36)/t23-/m1/s1. The fourth-order valence-electron chi connectivity index (χ4n) is 4.28. The predicted octanol–water partition coefficient (Wildman–Crippen LogP) is 5.42. The van der Waals surface area contributed by atoms with Crippen LogP contribution in [0.4, 0.5) is 18.9 Å². The highest BCUT2D eigenvalue weighted by molar-refractivity contribution is 6.00. The smallest absolute Gasteiger partial charge is 0.416 e. The number of amides is 1. The van der Waals surface area contributed by atoms with Crippen molar-refractivity contribution in [1.29, 1.82) is 0 Å². The van der Waals surface area contributed by atoms with Crippen LogP contribution in [0.5, 0.6) is 0 Å². The summed E-state index contributed by atoms with van der Waals surface area (Å²) in [7, 11) is 0. The van der Waals surface area contributed by atoms with Gasteiger partial charge in [0, 0.05) is 27.6 Å². The topological polar surface area (TPSA) is 142 Å². The van der Waals surface area contributed by atoms with E-state index < -0.39 is 35.5 Å². The minimum atomic E-state index is -4.76. The number of benzene rings is 2. The maximum Gasteiger partial charge on any atom is 0.416 e. The largest absolute Gasteiger partial charge is 0.463 e. The summed E-state index contributed by atoms with van der Waals surface area (Å²) in [5, 5.41) is 8.85. The molecule has 10 nitrogen and oxygen atoms in total. The second-order valence-electron chi connectivity index (χ2n) is 8.57. The van der Waals surface area contributed by atoms with E-state index in [1.165, 1.54) is 56.3 Å². The fraction of sp³-hybridized carbons (Fsp3) is 0.296. The molecular weight excluding hydrogens is 531 g/mol. The van der Waals surface area contributed by atoms with Crippen molar-refractivity contribution in [1.82, 2.24) is 10.6 Å². The number of hydrogen-bond acceptors (Lipinski definition) is 7. The molecule has 1 amide bonds. The van der Waals surface area contributed by atoms with E-state index in [1.54, 1.807) is 6.92 Å². The molecule has 2 aromatic rings. The van der Waals surface area contributed by atoms with E-state index in [0.29, 0.717) is 5.69 Å². The predicted molar refractivity (Wildman–Crippen MR) is 138 cm³/mol. The van der Waals surface area contributed by atoms with E-state index in [2.05, 4.69) is 20.7 Å². The van der Waals surface area contributed by atoms with Crippen molar-refractivity contribution in [2.75, 3.05) is 19.8 Å². The number of alkyl halides is 3. The monoisotopic (exact) mass is 557 g/mol. The second-order valence-corrected chi connectivity index (χ2v) is 8.57. The zero-order chi connectivity index (χ0) is 29.4. The number of esters is 2. The third kappa shape index (κ3) is 6.80. The lowest BCUT2D eigenvalue weighted by Crippen LogP contribution is -2.34. The summed E-state index contributed by atoms with van der Waals surface area (Å²) in [4.78, 5) is 41.2. The summed E-state index contributed by atoms with van der Waals surface area (Å²) in [6, 6.07) is 10.5. The number of dihydropyridines is 1. The summed E-state index contributed by atoms with van der Waals surface area (Å²) in [6.07, 6.45) is -4.76. The number of allylic oxidation sites excluding steroid dienone is 2. The minimum Gasteiger partial charge on any atom is -0.463 e. The molecule has 0 radical (unpaired) electrons. The summed E-state index contributed by atoms with van der Waals surface area (Å²) >= 11 is 0. The molecule has 1 atom stereocenters. The molecule has 0 fully saturated rings. The molecule has 3 rings (SSSR count). The first-order valence-electron chi connectivity index (χ1n) is 12.1. The lowest BCUT2D eigenvalue weighted by atomic mass is 9.78. The van der Waals surface area contributed by atoms with Crippen molar-refractivity contribution in [2.24, 2.45) is 5.11 Å². The second kappa shape index (κ2) is 12.9. The van der Waals surface area contributed by atoms with E-state index in [-0.39, 0.29) is 53.4 Å². The van der Waals surface area contributed by atoms with Crippen LogP contribution in [0, 0.1) is 0 Å². The molecule has 0 saturated carbocycles. The van der Waals surface area contributed by atoms with Gasteiger partial charge in [-0.2, -0.15) is 13.2 Å². The Kier molecular flexibility index (Phi) is 9.57. The van der Waals surface area contributed by atoms with Gasteiger partial charge in [-0.1, -0.05) is 35.4 Å². The van der Waals surface area contributed by atoms with Gasteiger partial charge in [0.05, 0.1) is 35.8 Å². The van der Waals surface area contributed by atoms with Gasteiger partial charge in [0.25, 0.3) is 5.91 Å². The Morgan fingerprint density at radius 2 is 1.60 bits per heavy atom. The molecule has 1 aliphatic rings. The quantitative estimate of drug-likeness (QED) is 0.139. The van der Waals surface area contributed by atoms with Crippen LogP contribution in [-0.2, 0) is 25.2 Å². The minimum absolute atomic E-state index is 0.0281. The van der Waals surface area contributed by atoms with Crippen molar-refractivity contribution in [2.45, 2.75) is 32.9 Å². The fourth-order valence-corrected chi connectivity index (χ4v) is 4.28. The maximum atomic E-state index is 14.0. The first kappa shape index (κ1) is 29.8. The molecule has 0 saturated heterocycles. The molecule has 0 unspecified atom stereocenters. The Bertz CT molecular complexity index is 1410. The van der Waals surface area contributed by atoms with Crippen LogP contribution >= 0.6 is 0 Å². The number of carbonyl (C=O) groups is 3. The molecule has 1 aliphatic heterocycles. The number of carbonyl (C=O) groups excluding carboxylic acids is 3. The Morgan fingerprint density at radius 1 is 1.00 bits per heavy atom. The van der Waals surface area contributed by atoms with E-state index >= 15 is 0 Å². The van der Waals surface area contributed by atoms with Gasteiger partial charge in [0.2, 0.25) is 0 Å². The van der Waals surface area contributed by atoms with Gasteiger partial charge in [-0.3, -0.25) is 4.79 Å². The van der Waals surface area contributed by atoms with Crippen molar-refractivity contribution >= 4 is 23.5 Å². The van der Waals surface area contributed by atoms with Crippen LogP contribution in [0.15, 0.2) is 76.2 Å². The summed E-state index contributed by atoms with van der Waals surface area (Å²) in [5.74, 6) is -3.74. The number of nitrogens with zero attached hydrogens (tertiary/aromatic N) is 3. The number of halogens is 3. The summed E-state index contributed by atoms with van der Waals surface area (Å²) in [5.41, 5.74) is 7.86. The highest BCUT2D eigenvalue weighted by atomic mass is 19.4. The number of azide groups is 1. The van der Waals surface area contributed by atoms with Crippen LogP contribution in [0.1, 0.15) is 48.2 Å². The van der Waals surface area contributed by atoms with Gasteiger partial charge in [0.1, 0.15) is 6.61 Å². The maximum absolute atomic E-state index is 14.0. The molecule has 0 aromatic heterocycles. The molecule has 0 spiro atoms. The SMILES string of the molecule is CCOC(=O)C1=C(C)NC(C)=C(C(=O)OCCNC(=O)c2ccc(N=[N+]=[N-])cc2)[C@@H]1c1ccccc1C(F)(F)F. The third-order valence-corrected chi connectivity index (χ3v) is 5.96. The highest BCUT2D eigenvalue weighted by Gasteiger charge is 2.43. The van der Waals surface area contributed by atoms with E-state index in [0.717, 1.165) is 6.07 Å². The Morgan fingerprint density at radius 3 is 2.17 bits per heavy atom. The molecule has 2 aromatic carbocycles. The average Bonchev–Trinajstić information content (AvgIpc) is 2.90. The molecule has 40 heavy (non-hydrogen) atoms. The highest BCUT2D eigenvalue weighted by Crippen LogP contribution is 2.44. The number of hydrogen-bond donors (Lipinski definition) is 2. The van der Waals surface area contributed by atoms with Gasteiger partial charge in [0.15, 0.2) is 0 Å². The van der Waals surface area contributed by atoms with E-state index in [1.807, 2.05) is 0 Å². The van der Waals surface area contributed by atoms with Crippen molar-refractivity contribution < 1.29 is 37.0 Å². The van der Waals surface area contributed by atoms with Gasteiger partial charge >= 0.3 is 18.1 Å². The normalized spacial score (nSPS) is 15.1. The summed E-state index contributed by atoms with van der Waals surface area (Å²) < 4.78 is 52.4. The molecule has 1 heterocycles. The van der Waals surface area contributed by atoms with Gasteiger partial charge in [-0.05, 0) is 50.1 Å². The zero-order valence-electron chi connectivity index (χ0n) is 21.8. The van der Waals surface area contributed by atoms with Crippen LogP contribution < -0.4 is 10.6 Å². The molecule has 2 N–H and O–H groups in total. The molecule has 0 aliphatic carbocycles. The number of rotatable bonds is 9. The average molecular weight is 558 g/mol. The summed E-state index contributed by atoms with van der Waals surface area (Å²) in [6.45, 7) is 4.12. The zero-order valence-corrected chi connectivity index (χ0v) is 21.8. The van der Waals surface area contributed by atoms with Crippen molar-refractivity contribution in [3.8, 4) is 0 Å². The van der Waals surface area contributed by atoms with Crippen LogP contribution in [0.3, 0.4) is 0 Å². The van der Waals surface area contributed by atoms with Gasteiger partial charge in [-0.25, -0.2) is 9.59 Å². The Labute approximate surface area is 227 Å². The lowest BCUT2D eigenvalue weighted by Gasteiger charge is -2.31. The Balaban J connectivity index is 1.84. The number of ether oxygens (including phenoxy) is 2. The Hall–Kier alpha value is -4.77. The lowest BCUT2D eigenvalue weighted by molar-refractivity contribution is -0.142. The van der Waals surface area contributed by atoms with Crippen molar-refractivity contribution in [3.63, 3.8) is 0 Å². The van der Waals surface area contributed by atoms with Crippen molar-refractivity contribution in [3.05, 3.63) is 98.2 Å².